The Hall–Kier alpha value is -0.160. The van der Waals surface area contributed by atoms with Gasteiger partial charge in [-0.25, -0.2) is 0 Å². The monoisotopic (exact) mass is 230 g/mol. The molecule has 1 atom stereocenters. The van der Waals surface area contributed by atoms with E-state index in [0.29, 0.717) is 0 Å². The normalized spacial score (nSPS) is 18.0. The van der Waals surface area contributed by atoms with Crippen LogP contribution >= 0.6 is 0 Å². The van der Waals surface area contributed by atoms with Gasteiger partial charge in [0.25, 0.3) is 0 Å². The summed E-state index contributed by atoms with van der Waals surface area (Å²) >= 11 is 0. The highest BCUT2D eigenvalue weighted by molar-refractivity contribution is 4.72. The summed E-state index contributed by atoms with van der Waals surface area (Å²) in [5.41, 5.74) is 5.96. The summed E-state index contributed by atoms with van der Waals surface area (Å²) in [6, 6.07) is 0.202. The second-order valence-electron chi connectivity index (χ2n) is 4.82. The largest absolute Gasteiger partial charge is 0.385 e. The number of rotatable bonds is 10. The number of hydrogen-bond acceptors (Lipinski definition) is 4. The molecule has 0 bridgehead atoms. The predicted octanol–water partition coefficient (Wildman–Crippen LogP) is 0.709. The van der Waals surface area contributed by atoms with E-state index in [1.54, 1.807) is 7.11 Å². The molecule has 16 heavy (non-hydrogen) atoms. The van der Waals surface area contributed by atoms with Crippen LogP contribution in [0.2, 0.25) is 0 Å². The smallest absolute Gasteiger partial charge is 0.0593 e. The summed E-state index contributed by atoms with van der Waals surface area (Å²) in [7, 11) is 3.80. The SMILES string of the molecule is COCCC(N)CN(C)CCOCC1CC1. The van der Waals surface area contributed by atoms with Gasteiger partial charge in [-0.2, -0.15) is 0 Å². The highest BCUT2D eigenvalue weighted by Gasteiger charge is 2.20. The summed E-state index contributed by atoms with van der Waals surface area (Å²) in [5, 5.41) is 0. The number of nitrogens with zero attached hydrogens (tertiary/aromatic N) is 1. The van der Waals surface area contributed by atoms with Gasteiger partial charge in [-0.15, -0.1) is 0 Å². The van der Waals surface area contributed by atoms with E-state index in [2.05, 4.69) is 11.9 Å². The first-order valence-electron chi connectivity index (χ1n) is 6.23. The van der Waals surface area contributed by atoms with Gasteiger partial charge < -0.3 is 20.1 Å². The van der Waals surface area contributed by atoms with E-state index in [1.165, 1.54) is 12.8 Å². The molecule has 96 valence electrons. The Kier molecular flexibility index (Phi) is 6.96. The summed E-state index contributed by atoms with van der Waals surface area (Å²) in [5.74, 6) is 0.856. The van der Waals surface area contributed by atoms with Gasteiger partial charge in [-0.3, -0.25) is 0 Å². The molecule has 1 rings (SSSR count). The lowest BCUT2D eigenvalue weighted by Gasteiger charge is -2.20. The molecule has 0 aromatic heterocycles. The number of hydrogen-bond donors (Lipinski definition) is 1. The molecule has 0 aliphatic heterocycles. The molecule has 0 spiro atoms. The number of methoxy groups -OCH3 is 1. The summed E-state index contributed by atoms with van der Waals surface area (Å²) in [4.78, 5) is 2.23. The molecule has 2 N–H and O–H groups in total. The molecule has 1 saturated carbocycles. The molecule has 0 heterocycles. The average molecular weight is 230 g/mol. The zero-order chi connectivity index (χ0) is 11.8. The molecular formula is C12H26N2O2. The van der Waals surface area contributed by atoms with Crippen LogP contribution in [-0.2, 0) is 9.47 Å². The fourth-order valence-corrected chi connectivity index (χ4v) is 1.61. The van der Waals surface area contributed by atoms with Crippen LogP contribution in [0.4, 0.5) is 0 Å². The third-order valence-corrected chi connectivity index (χ3v) is 2.91. The van der Waals surface area contributed by atoms with Gasteiger partial charge in [0.1, 0.15) is 0 Å². The summed E-state index contributed by atoms with van der Waals surface area (Å²) in [6.45, 7) is 4.39. The van der Waals surface area contributed by atoms with Gasteiger partial charge in [0.15, 0.2) is 0 Å². The maximum absolute atomic E-state index is 5.96. The Balaban J connectivity index is 1.89. The Morgan fingerprint density at radius 1 is 1.38 bits per heavy atom. The lowest BCUT2D eigenvalue weighted by atomic mass is 10.2. The van der Waals surface area contributed by atoms with Crippen molar-refractivity contribution in [3.63, 3.8) is 0 Å². The molecule has 1 unspecified atom stereocenters. The van der Waals surface area contributed by atoms with Crippen molar-refractivity contribution in [3.8, 4) is 0 Å². The zero-order valence-electron chi connectivity index (χ0n) is 10.7. The lowest BCUT2D eigenvalue weighted by molar-refractivity contribution is 0.100. The van der Waals surface area contributed by atoms with E-state index in [9.17, 15) is 0 Å². The zero-order valence-corrected chi connectivity index (χ0v) is 10.7. The van der Waals surface area contributed by atoms with Crippen LogP contribution in [0.3, 0.4) is 0 Å². The molecule has 4 nitrogen and oxygen atoms in total. The van der Waals surface area contributed by atoms with Gasteiger partial charge in [0.05, 0.1) is 6.61 Å². The minimum Gasteiger partial charge on any atom is -0.385 e. The number of ether oxygens (including phenoxy) is 2. The molecule has 0 amide bonds. The molecule has 0 saturated heterocycles. The Morgan fingerprint density at radius 2 is 2.12 bits per heavy atom. The highest BCUT2D eigenvalue weighted by Crippen LogP contribution is 2.28. The van der Waals surface area contributed by atoms with Gasteiger partial charge in [-0.05, 0) is 32.2 Å². The van der Waals surface area contributed by atoms with Crippen molar-refractivity contribution in [3.05, 3.63) is 0 Å². The first kappa shape index (κ1) is 13.9. The van der Waals surface area contributed by atoms with Crippen molar-refractivity contribution in [2.45, 2.75) is 25.3 Å². The quantitative estimate of drug-likeness (QED) is 0.562. The Morgan fingerprint density at radius 3 is 2.75 bits per heavy atom. The molecule has 4 heteroatoms. The van der Waals surface area contributed by atoms with E-state index < -0.39 is 0 Å². The van der Waals surface area contributed by atoms with Crippen LogP contribution in [0.25, 0.3) is 0 Å². The second kappa shape index (κ2) is 8.01. The van der Waals surface area contributed by atoms with E-state index in [1.807, 2.05) is 0 Å². The molecule has 0 aromatic carbocycles. The number of nitrogens with two attached hydrogens (primary N) is 1. The van der Waals surface area contributed by atoms with Crippen molar-refractivity contribution in [1.29, 1.82) is 0 Å². The molecule has 0 aromatic rings. The van der Waals surface area contributed by atoms with Crippen LogP contribution in [0, 0.1) is 5.92 Å². The van der Waals surface area contributed by atoms with Crippen molar-refractivity contribution in [1.82, 2.24) is 4.90 Å². The lowest BCUT2D eigenvalue weighted by Crippen LogP contribution is -2.37. The minimum absolute atomic E-state index is 0.202. The molecule has 1 fully saturated rings. The van der Waals surface area contributed by atoms with Crippen molar-refractivity contribution < 1.29 is 9.47 Å². The highest BCUT2D eigenvalue weighted by atomic mass is 16.5. The number of likely N-dealkylation sites (N-methyl/N-ethyl adjacent to an activating group) is 1. The molecular weight excluding hydrogens is 204 g/mol. The van der Waals surface area contributed by atoms with Crippen LogP contribution in [-0.4, -0.2) is 58.0 Å². The van der Waals surface area contributed by atoms with Crippen LogP contribution in [0.1, 0.15) is 19.3 Å². The third kappa shape index (κ3) is 7.17. The van der Waals surface area contributed by atoms with Crippen LogP contribution in [0.15, 0.2) is 0 Å². The minimum atomic E-state index is 0.202. The predicted molar refractivity (Wildman–Crippen MR) is 65.5 cm³/mol. The van der Waals surface area contributed by atoms with Crippen molar-refractivity contribution in [2.75, 3.05) is 47.1 Å². The van der Waals surface area contributed by atoms with Gasteiger partial charge in [0, 0.05) is 39.5 Å². The maximum atomic E-state index is 5.96. The average Bonchev–Trinajstić information content (AvgIpc) is 3.05. The summed E-state index contributed by atoms with van der Waals surface area (Å²) in [6.07, 6.45) is 3.64. The van der Waals surface area contributed by atoms with Gasteiger partial charge >= 0.3 is 0 Å². The van der Waals surface area contributed by atoms with Crippen molar-refractivity contribution >= 4 is 0 Å². The van der Waals surface area contributed by atoms with Crippen LogP contribution in [0.5, 0.6) is 0 Å². The standard InChI is InChI=1S/C12H26N2O2/c1-14(9-12(13)5-7-15-2)6-8-16-10-11-3-4-11/h11-12H,3-10,13H2,1-2H3. The Labute approximate surface area is 99.1 Å². The second-order valence-corrected chi connectivity index (χ2v) is 4.82. The van der Waals surface area contributed by atoms with Crippen LogP contribution < -0.4 is 5.73 Å². The van der Waals surface area contributed by atoms with E-state index in [-0.39, 0.29) is 6.04 Å². The van der Waals surface area contributed by atoms with Gasteiger partial charge in [0.2, 0.25) is 0 Å². The maximum Gasteiger partial charge on any atom is 0.0593 e. The Bertz CT molecular complexity index is 174. The summed E-state index contributed by atoms with van der Waals surface area (Å²) < 4.78 is 10.6. The molecule has 1 aliphatic carbocycles. The fraction of sp³-hybridized carbons (Fsp3) is 1.00. The van der Waals surface area contributed by atoms with Gasteiger partial charge in [-0.1, -0.05) is 0 Å². The first-order valence-corrected chi connectivity index (χ1v) is 6.23. The molecule has 0 radical (unpaired) electrons. The molecule has 1 aliphatic rings. The third-order valence-electron chi connectivity index (χ3n) is 2.91. The topological polar surface area (TPSA) is 47.7 Å². The van der Waals surface area contributed by atoms with E-state index in [0.717, 1.165) is 45.2 Å². The fourth-order valence-electron chi connectivity index (χ4n) is 1.61. The van der Waals surface area contributed by atoms with Crippen molar-refractivity contribution in [2.24, 2.45) is 11.7 Å². The van der Waals surface area contributed by atoms with E-state index in [4.69, 9.17) is 15.2 Å². The first-order chi connectivity index (χ1) is 7.72. The van der Waals surface area contributed by atoms with E-state index >= 15 is 0 Å².